The van der Waals surface area contributed by atoms with Gasteiger partial charge in [-0.3, -0.25) is 9.69 Å². The molecule has 2 aromatic rings. The maximum atomic E-state index is 13.2. The van der Waals surface area contributed by atoms with E-state index in [1.165, 1.54) is 38.5 Å². The summed E-state index contributed by atoms with van der Waals surface area (Å²) in [6.07, 6.45) is 10.5. The Kier molecular flexibility index (Phi) is 5.22. The summed E-state index contributed by atoms with van der Waals surface area (Å²) in [5, 5.41) is 4.10. The third-order valence-corrected chi connectivity index (χ3v) is 8.81. The smallest absolute Gasteiger partial charge is 0.270 e. The van der Waals surface area contributed by atoms with Gasteiger partial charge in [0, 0.05) is 36.8 Å². The van der Waals surface area contributed by atoms with E-state index in [1.54, 1.807) is 6.33 Å². The molecule has 32 heavy (non-hydrogen) atoms. The predicted octanol–water partition coefficient (Wildman–Crippen LogP) is 4.63. The van der Waals surface area contributed by atoms with Crippen molar-refractivity contribution < 1.29 is 4.79 Å². The van der Waals surface area contributed by atoms with Gasteiger partial charge in [0.2, 0.25) is 0 Å². The van der Waals surface area contributed by atoms with Gasteiger partial charge in [0.1, 0.15) is 12.0 Å². The summed E-state index contributed by atoms with van der Waals surface area (Å²) >= 11 is 6.35. The van der Waals surface area contributed by atoms with Gasteiger partial charge in [-0.05, 0) is 79.7 Å². The fraction of sp³-hybridized carbons (Fsp3) is 0.577. The normalized spacial score (nSPS) is 30.8. The Hall–Kier alpha value is -1.98. The molecule has 0 radical (unpaired) electrons. The molecule has 5 aliphatic rings. The van der Waals surface area contributed by atoms with Crippen LogP contribution in [-0.4, -0.2) is 33.9 Å². The first-order valence-electron chi connectivity index (χ1n) is 12.1. The molecular weight excluding hydrogens is 420 g/mol. The van der Waals surface area contributed by atoms with Crippen LogP contribution in [0.3, 0.4) is 0 Å². The third-order valence-electron chi connectivity index (χ3n) is 8.44. The molecule has 0 atom stereocenters. The number of rotatable bonds is 5. The molecule has 0 saturated heterocycles. The van der Waals surface area contributed by atoms with Gasteiger partial charge in [0.05, 0.1) is 5.69 Å². The number of carbonyl (C=O) groups excluding carboxylic acids is 1. The molecule has 4 fully saturated rings. The Balaban J connectivity index is 1.13. The van der Waals surface area contributed by atoms with Crippen molar-refractivity contribution in [2.75, 3.05) is 13.1 Å². The highest BCUT2D eigenvalue weighted by Gasteiger charge is 2.50. The van der Waals surface area contributed by atoms with E-state index < -0.39 is 0 Å². The molecule has 1 N–H and O–H groups in total. The summed E-state index contributed by atoms with van der Waals surface area (Å²) in [5.74, 6) is 2.68. The van der Waals surface area contributed by atoms with Crippen molar-refractivity contribution in [2.24, 2.45) is 23.2 Å². The van der Waals surface area contributed by atoms with E-state index in [0.29, 0.717) is 11.1 Å². The molecule has 4 aliphatic carbocycles. The highest BCUT2D eigenvalue weighted by molar-refractivity contribution is 6.31. The number of hydrogen-bond donors (Lipinski definition) is 1. The van der Waals surface area contributed by atoms with Crippen LogP contribution in [0.2, 0.25) is 5.02 Å². The van der Waals surface area contributed by atoms with Gasteiger partial charge in [-0.1, -0.05) is 29.8 Å². The minimum atomic E-state index is -0.0149. The average molecular weight is 451 g/mol. The number of amides is 1. The van der Waals surface area contributed by atoms with E-state index in [0.717, 1.165) is 72.2 Å². The molecule has 1 amide bonds. The summed E-state index contributed by atoms with van der Waals surface area (Å²) in [7, 11) is 0. The first-order valence-corrected chi connectivity index (χ1v) is 12.5. The van der Waals surface area contributed by atoms with Gasteiger partial charge in [0.25, 0.3) is 5.91 Å². The highest BCUT2D eigenvalue weighted by atomic mass is 35.5. The van der Waals surface area contributed by atoms with Gasteiger partial charge in [-0.25, -0.2) is 9.97 Å². The number of aromatic nitrogens is 2. The first kappa shape index (κ1) is 20.6. The molecule has 5 nitrogen and oxygen atoms in total. The second-order valence-electron chi connectivity index (χ2n) is 10.8. The second-order valence-corrected chi connectivity index (χ2v) is 11.2. The fourth-order valence-corrected chi connectivity index (χ4v) is 7.66. The zero-order chi connectivity index (χ0) is 21.7. The van der Waals surface area contributed by atoms with Gasteiger partial charge < -0.3 is 5.32 Å². The number of nitrogens with zero attached hydrogens (tertiary/aromatic N) is 3. The zero-order valence-corrected chi connectivity index (χ0v) is 19.3. The largest absolute Gasteiger partial charge is 0.350 e. The van der Waals surface area contributed by atoms with Crippen molar-refractivity contribution in [3.8, 4) is 0 Å². The van der Waals surface area contributed by atoms with Crippen LogP contribution in [0, 0.1) is 23.2 Å². The van der Waals surface area contributed by atoms with Crippen LogP contribution in [-0.2, 0) is 19.5 Å². The lowest BCUT2D eigenvalue weighted by atomic mass is 9.49. The predicted molar refractivity (Wildman–Crippen MR) is 124 cm³/mol. The highest BCUT2D eigenvalue weighted by Crippen LogP contribution is 2.59. The molecule has 4 bridgehead atoms. The maximum Gasteiger partial charge on any atom is 0.270 e. The molecule has 7 rings (SSSR count). The maximum absolute atomic E-state index is 13.2. The number of fused-ring (bicyclic) bond motifs is 1. The van der Waals surface area contributed by atoms with E-state index in [2.05, 4.69) is 26.3 Å². The van der Waals surface area contributed by atoms with Gasteiger partial charge in [-0.2, -0.15) is 0 Å². The lowest BCUT2D eigenvalue weighted by Gasteiger charge is -2.56. The molecule has 0 spiro atoms. The number of benzene rings is 1. The molecule has 6 heteroatoms. The Labute approximate surface area is 195 Å². The molecule has 1 aromatic heterocycles. The Morgan fingerprint density at radius 1 is 1.09 bits per heavy atom. The molecular formula is C26H31ClN4O. The first-order chi connectivity index (χ1) is 15.6. The quantitative estimate of drug-likeness (QED) is 0.721. The number of halogens is 1. The number of carbonyl (C=O) groups is 1. The van der Waals surface area contributed by atoms with Crippen molar-refractivity contribution in [1.82, 2.24) is 20.2 Å². The van der Waals surface area contributed by atoms with Crippen LogP contribution >= 0.6 is 11.6 Å². The van der Waals surface area contributed by atoms with Crippen molar-refractivity contribution in [2.45, 2.75) is 58.0 Å². The Bertz CT molecular complexity index is 1000. The van der Waals surface area contributed by atoms with Crippen LogP contribution in [0.15, 0.2) is 30.6 Å². The van der Waals surface area contributed by atoms with Gasteiger partial charge >= 0.3 is 0 Å². The lowest BCUT2D eigenvalue weighted by Crippen LogP contribution is -2.51. The van der Waals surface area contributed by atoms with Crippen LogP contribution in [0.5, 0.6) is 0 Å². The Morgan fingerprint density at radius 2 is 1.81 bits per heavy atom. The molecule has 2 heterocycles. The van der Waals surface area contributed by atoms with E-state index in [4.69, 9.17) is 11.6 Å². The second kappa shape index (κ2) is 8.11. The zero-order valence-electron chi connectivity index (χ0n) is 18.5. The van der Waals surface area contributed by atoms with E-state index in [1.807, 2.05) is 18.2 Å². The molecule has 4 saturated carbocycles. The van der Waals surface area contributed by atoms with Crippen LogP contribution < -0.4 is 5.32 Å². The molecule has 0 unspecified atom stereocenters. The molecule has 168 valence electrons. The van der Waals surface area contributed by atoms with E-state index in [9.17, 15) is 4.79 Å². The molecule has 1 aromatic carbocycles. The van der Waals surface area contributed by atoms with Gasteiger partial charge in [0.15, 0.2) is 0 Å². The molecule has 1 aliphatic heterocycles. The number of nitrogens with one attached hydrogen (secondary N) is 1. The van der Waals surface area contributed by atoms with Crippen molar-refractivity contribution in [1.29, 1.82) is 0 Å². The van der Waals surface area contributed by atoms with Gasteiger partial charge in [-0.15, -0.1) is 0 Å². The minimum absolute atomic E-state index is 0.0149. The summed E-state index contributed by atoms with van der Waals surface area (Å²) < 4.78 is 0. The average Bonchev–Trinajstić information content (AvgIpc) is 2.78. The number of hydrogen-bond acceptors (Lipinski definition) is 4. The van der Waals surface area contributed by atoms with Crippen molar-refractivity contribution in [3.63, 3.8) is 0 Å². The van der Waals surface area contributed by atoms with Crippen LogP contribution in [0.25, 0.3) is 0 Å². The van der Waals surface area contributed by atoms with Crippen molar-refractivity contribution in [3.05, 3.63) is 58.1 Å². The Morgan fingerprint density at radius 3 is 2.53 bits per heavy atom. The monoisotopic (exact) mass is 450 g/mol. The topological polar surface area (TPSA) is 58.1 Å². The van der Waals surface area contributed by atoms with Crippen LogP contribution in [0.4, 0.5) is 0 Å². The van der Waals surface area contributed by atoms with Crippen molar-refractivity contribution >= 4 is 17.5 Å². The third kappa shape index (κ3) is 3.84. The lowest BCUT2D eigenvalue weighted by molar-refractivity contribution is -0.0503. The summed E-state index contributed by atoms with van der Waals surface area (Å²) in [6, 6.07) is 7.98. The minimum Gasteiger partial charge on any atom is -0.350 e. The summed E-state index contributed by atoms with van der Waals surface area (Å²) in [4.78, 5) is 24.5. The summed E-state index contributed by atoms with van der Waals surface area (Å²) in [6.45, 7) is 3.20. The van der Waals surface area contributed by atoms with E-state index >= 15 is 0 Å². The van der Waals surface area contributed by atoms with Crippen LogP contribution in [0.1, 0.15) is 65.8 Å². The van der Waals surface area contributed by atoms with E-state index in [-0.39, 0.29) is 5.91 Å². The SMILES string of the molecule is O=C(NCC12CC3CC(CC(C3)C1)C2)c1ncnc2c1CCN(Cc1ccccc1Cl)C2. The standard InChI is InChI=1S/C26H31ClN4O/c27-22-4-2-1-3-20(22)13-31-6-5-21-23(14-31)29-16-30-24(21)25(32)28-15-26-10-17-7-18(11-26)9-19(8-17)12-26/h1-4,16-19H,5-15H2,(H,28,32). The fourth-order valence-electron chi connectivity index (χ4n) is 7.46. The summed E-state index contributed by atoms with van der Waals surface area (Å²) in [5.41, 5.74) is 4.03.